The number of rotatable bonds is 7. The van der Waals surface area contributed by atoms with E-state index in [1.54, 1.807) is 12.1 Å². The predicted molar refractivity (Wildman–Crippen MR) is 164 cm³/mol. The highest BCUT2D eigenvalue weighted by Gasteiger charge is 2.43. The van der Waals surface area contributed by atoms with Crippen LogP contribution in [0, 0.1) is 0 Å². The Morgan fingerprint density at radius 2 is 1.80 bits per heavy atom. The molecule has 0 saturated carbocycles. The second kappa shape index (κ2) is 11.4. The van der Waals surface area contributed by atoms with E-state index < -0.39 is 23.4 Å². The van der Waals surface area contributed by atoms with Crippen LogP contribution in [0.1, 0.15) is 46.2 Å². The number of carbonyl (C=O) groups is 1. The topological polar surface area (TPSA) is 123 Å². The van der Waals surface area contributed by atoms with Gasteiger partial charge in [0.2, 0.25) is 0 Å². The quantitative estimate of drug-likeness (QED) is 0.252. The molecule has 0 bridgehead atoms. The first kappa shape index (κ1) is 30.4. The van der Waals surface area contributed by atoms with E-state index in [1.165, 1.54) is 23.1 Å². The number of amides is 1. The fourth-order valence-electron chi connectivity index (χ4n) is 6.20. The second-order valence-electron chi connectivity index (χ2n) is 11.8. The molecule has 1 amide bonds. The third-order valence-electron chi connectivity index (χ3n) is 8.40. The van der Waals surface area contributed by atoms with Gasteiger partial charge in [-0.2, -0.15) is 24.2 Å². The number of β-amino-alcohol motifs (C(OH)–C–C–N with tert-alkyl or cyclic N) is 1. The number of aliphatic hydroxyl groups is 1. The summed E-state index contributed by atoms with van der Waals surface area (Å²) in [5.41, 5.74) is 7.84. The number of carbonyl (C=O) groups excluding carboxylic acids is 1. The molecule has 4 aromatic rings. The first-order valence-electron chi connectivity index (χ1n) is 14.5. The Kier molecular flexibility index (Phi) is 7.67. The van der Waals surface area contributed by atoms with Crippen molar-refractivity contribution >= 4 is 17.3 Å². The summed E-state index contributed by atoms with van der Waals surface area (Å²) < 4.78 is 43.3. The van der Waals surface area contributed by atoms with E-state index >= 15 is 0 Å². The number of nitrogens with zero attached hydrogens (tertiary/aromatic N) is 4. The summed E-state index contributed by atoms with van der Waals surface area (Å²) in [6, 6.07) is 19.7. The van der Waals surface area contributed by atoms with E-state index in [0.717, 1.165) is 34.3 Å². The normalized spacial score (nSPS) is 18.7. The Morgan fingerprint density at radius 3 is 2.44 bits per heavy atom. The molecule has 3 aromatic carbocycles. The fourth-order valence-corrected chi connectivity index (χ4v) is 6.20. The van der Waals surface area contributed by atoms with Gasteiger partial charge in [-0.25, -0.2) is 4.68 Å². The van der Waals surface area contributed by atoms with Crippen LogP contribution in [0.4, 0.5) is 18.9 Å². The van der Waals surface area contributed by atoms with Crippen LogP contribution in [-0.2, 0) is 19.1 Å². The minimum atomic E-state index is -4.77. The number of anilines is 1. The van der Waals surface area contributed by atoms with Crippen molar-refractivity contribution in [2.24, 2.45) is 11.6 Å². The van der Waals surface area contributed by atoms with Crippen LogP contribution in [0.25, 0.3) is 22.5 Å². The SMILES string of the molecule is C=C(N)c1cc(-n2nc(C(F)(F)F)c3c2C(=O)N(c2ccc(-c4ccccc4CN4CC[C@@](C)(O)C4)cc2)CC3)ccc1ON. The summed E-state index contributed by atoms with van der Waals surface area (Å²) in [5, 5.41) is 14.3. The number of nitrogens with two attached hydrogens (primary N) is 2. The van der Waals surface area contributed by atoms with Gasteiger partial charge in [0.15, 0.2) is 11.4 Å². The van der Waals surface area contributed by atoms with Crippen LogP contribution in [0.3, 0.4) is 0 Å². The second-order valence-corrected chi connectivity index (χ2v) is 11.8. The lowest BCUT2D eigenvalue weighted by molar-refractivity contribution is -0.141. The van der Waals surface area contributed by atoms with Gasteiger partial charge in [0.1, 0.15) is 5.69 Å². The molecule has 1 saturated heterocycles. The molecule has 3 heterocycles. The zero-order valence-corrected chi connectivity index (χ0v) is 24.6. The van der Waals surface area contributed by atoms with Gasteiger partial charge in [0, 0.05) is 48.7 Å². The molecular weight excluding hydrogens is 585 g/mol. The van der Waals surface area contributed by atoms with Gasteiger partial charge >= 0.3 is 6.18 Å². The predicted octanol–water partition coefficient (Wildman–Crippen LogP) is 4.90. The maximum Gasteiger partial charge on any atom is 0.435 e. The van der Waals surface area contributed by atoms with E-state index in [0.29, 0.717) is 18.8 Å². The van der Waals surface area contributed by atoms with E-state index in [4.69, 9.17) is 16.5 Å². The van der Waals surface area contributed by atoms with Crippen molar-refractivity contribution in [3.05, 3.63) is 101 Å². The zero-order chi connectivity index (χ0) is 32.1. The standard InChI is InChI=1S/C33H33F3N6O3/c1-20(37)27-17-24(11-12-28(27)45-38)42-29-26(30(39-42)33(34,35)36)13-15-41(31(29)43)23-9-7-21(8-10-23)25-6-4-3-5-22(25)18-40-16-14-32(2,44)19-40/h3-12,17,44H,1,13-16,18-19,37-38H2,2H3/t32-/m1/s1. The number of hydrogen-bond donors (Lipinski definition) is 3. The van der Waals surface area contributed by atoms with Gasteiger partial charge in [-0.3, -0.25) is 9.69 Å². The van der Waals surface area contributed by atoms with Crippen molar-refractivity contribution in [3.8, 4) is 22.6 Å². The maximum absolute atomic E-state index is 14.1. The number of hydrogen-bond acceptors (Lipinski definition) is 7. The van der Waals surface area contributed by atoms with E-state index in [2.05, 4.69) is 22.6 Å². The number of alkyl halides is 3. The molecule has 9 nitrogen and oxygen atoms in total. The lowest BCUT2D eigenvalue weighted by Crippen LogP contribution is -2.39. The summed E-state index contributed by atoms with van der Waals surface area (Å²) in [7, 11) is 0. The average Bonchev–Trinajstić information content (AvgIpc) is 3.57. The van der Waals surface area contributed by atoms with Gasteiger partial charge in [-0.05, 0) is 66.8 Å². The van der Waals surface area contributed by atoms with Crippen molar-refractivity contribution in [1.82, 2.24) is 14.7 Å². The zero-order valence-electron chi connectivity index (χ0n) is 24.6. The summed E-state index contributed by atoms with van der Waals surface area (Å²) in [5.74, 6) is 4.88. The molecule has 1 aromatic heterocycles. The molecule has 1 fully saturated rings. The highest BCUT2D eigenvalue weighted by Crippen LogP contribution is 2.38. The highest BCUT2D eigenvalue weighted by molar-refractivity contribution is 6.07. The first-order valence-corrected chi connectivity index (χ1v) is 14.5. The summed E-state index contributed by atoms with van der Waals surface area (Å²) in [6.45, 7) is 7.66. The van der Waals surface area contributed by atoms with E-state index in [1.807, 2.05) is 37.3 Å². The first-order chi connectivity index (χ1) is 21.4. The van der Waals surface area contributed by atoms with Crippen molar-refractivity contribution in [2.75, 3.05) is 24.5 Å². The number of aromatic nitrogens is 2. The summed E-state index contributed by atoms with van der Waals surface area (Å²) >= 11 is 0. The van der Waals surface area contributed by atoms with Gasteiger partial charge < -0.3 is 20.6 Å². The molecule has 5 N–H and O–H groups in total. The molecular formula is C33H33F3N6O3. The van der Waals surface area contributed by atoms with Crippen molar-refractivity contribution in [3.63, 3.8) is 0 Å². The Hall–Kier alpha value is -4.65. The van der Waals surface area contributed by atoms with Crippen molar-refractivity contribution in [2.45, 2.75) is 38.1 Å². The lowest BCUT2D eigenvalue weighted by atomic mass is 9.98. The number of benzene rings is 3. The van der Waals surface area contributed by atoms with Gasteiger partial charge in [-0.15, -0.1) is 0 Å². The van der Waals surface area contributed by atoms with Gasteiger partial charge in [-0.1, -0.05) is 43.0 Å². The van der Waals surface area contributed by atoms with Crippen LogP contribution in [0.2, 0.25) is 0 Å². The summed E-state index contributed by atoms with van der Waals surface area (Å²) in [6.07, 6.45) is -4.09. The number of likely N-dealkylation sites (tertiary alicyclic amines) is 1. The van der Waals surface area contributed by atoms with Gasteiger partial charge in [0.25, 0.3) is 5.91 Å². The largest absolute Gasteiger partial charge is 0.435 e. The molecule has 1 atom stereocenters. The molecule has 2 aliphatic rings. The van der Waals surface area contributed by atoms with Crippen LogP contribution in [-0.4, -0.2) is 50.9 Å². The molecule has 0 unspecified atom stereocenters. The number of halogens is 3. The monoisotopic (exact) mass is 618 g/mol. The molecule has 0 aliphatic carbocycles. The van der Waals surface area contributed by atoms with Crippen LogP contribution in [0.15, 0.2) is 73.3 Å². The number of fused-ring (bicyclic) bond motifs is 1. The third kappa shape index (κ3) is 5.79. The Labute approximate surface area is 258 Å². The molecule has 12 heteroatoms. The Bertz CT molecular complexity index is 1780. The fraction of sp³-hybridized carbons (Fsp3) is 0.273. The molecule has 2 aliphatic heterocycles. The Morgan fingerprint density at radius 1 is 1.09 bits per heavy atom. The summed E-state index contributed by atoms with van der Waals surface area (Å²) in [4.78, 5) is 22.4. The average molecular weight is 619 g/mol. The van der Waals surface area contributed by atoms with Crippen LogP contribution < -0.4 is 21.4 Å². The highest BCUT2D eigenvalue weighted by atomic mass is 19.4. The van der Waals surface area contributed by atoms with Crippen LogP contribution >= 0.6 is 0 Å². The lowest BCUT2D eigenvalue weighted by Gasteiger charge is -2.28. The molecule has 6 rings (SSSR count). The molecule has 45 heavy (non-hydrogen) atoms. The third-order valence-corrected chi connectivity index (χ3v) is 8.40. The van der Waals surface area contributed by atoms with Crippen molar-refractivity contribution in [1.29, 1.82) is 0 Å². The van der Waals surface area contributed by atoms with Gasteiger partial charge in [0.05, 0.1) is 11.3 Å². The molecule has 0 radical (unpaired) electrons. The molecule has 0 spiro atoms. The smallest absolute Gasteiger partial charge is 0.411 e. The van der Waals surface area contributed by atoms with Crippen LogP contribution in [0.5, 0.6) is 5.75 Å². The van der Waals surface area contributed by atoms with E-state index in [-0.39, 0.29) is 46.9 Å². The minimum Gasteiger partial charge on any atom is -0.411 e. The van der Waals surface area contributed by atoms with E-state index in [9.17, 15) is 23.1 Å². The maximum atomic E-state index is 14.1. The Balaban J connectivity index is 1.33. The molecule has 234 valence electrons. The van der Waals surface area contributed by atoms with Crippen molar-refractivity contribution < 1.29 is 27.9 Å². The minimum absolute atomic E-state index is 0.0411.